The van der Waals surface area contributed by atoms with Crippen LogP contribution in [0.15, 0.2) is 77.9 Å². The summed E-state index contributed by atoms with van der Waals surface area (Å²) >= 11 is 11.9. The number of nitrogens with one attached hydrogen (secondary N) is 1. The van der Waals surface area contributed by atoms with Crippen LogP contribution in [-0.2, 0) is 11.4 Å². The predicted octanol–water partition coefficient (Wildman–Crippen LogP) is 5.10. The van der Waals surface area contributed by atoms with Crippen molar-refractivity contribution < 1.29 is 14.3 Å². The van der Waals surface area contributed by atoms with Crippen molar-refractivity contribution in [3.8, 4) is 11.5 Å². The molecule has 0 unspecified atom stereocenters. The maximum Gasteiger partial charge on any atom is 0.277 e. The molecule has 5 nitrogen and oxygen atoms in total. The minimum Gasteiger partial charge on any atom is -0.488 e. The lowest BCUT2D eigenvalue weighted by Crippen LogP contribution is -2.24. The van der Waals surface area contributed by atoms with Gasteiger partial charge in [-0.2, -0.15) is 5.10 Å². The number of carbonyl (C=O) groups excluding carboxylic acids is 1. The highest BCUT2D eigenvalue weighted by molar-refractivity contribution is 6.32. The van der Waals surface area contributed by atoms with Crippen LogP contribution in [0, 0.1) is 0 Å². The molecule has 0 saturated heterocycles. The van der Waals surface area contributed by atoms with Crippen LogP contribution >= 0.6 is 23.2 Å². The van der Waals surface area contributed by atoms with Gasteiger partial charge in [0.15, 0.2) is 6.61 Å². The lowest BCUT2D eigenvalue weighted by molar-refractivity contribution is -0.123. The van der Waals surface area contributed by atoms with Crippen molar-refractivity contribution in [1.82, 2.24) is 5.43 Å². The van der Waals surface area contributed by atoms with Gasteiger partial charge >= 0.3 is 0 Å². The van der Waals surface area contributed by atoms with E-state index in [1.807, 2.05) is 48.5 Å². The van der Waals surface area contributed by atoms with E-state index in [2.05, 4.69) is 10.5 Å². The summed E-state index contributed by atoms with van der Waals surface area (Å²) in [6.45, 7) is 0.190. The molecule has 0 aromatic heterocycles. The second kappa shape index (κ2) is 10.5. The first kappa shape index (κ1) is 20.7. The van der Waals surface area contributed by atoms with Gasteiger partial charge in [-0.15, -0.1) is 0 Å². The van der Waals surface area contributed by atoms with Crippen LogP contribution in [0.25, 0.3) is 0 Å². The molecule has 0 bridgehead atoms. The smallest absolute Gasteiger partial charge is 0.277 e. The van der Waals surface area contributed by atoms with Gasteiger partial charge in [-0.05, 0) is 42.0 Å². The van der Waals surface area contributed by atoms with Gasteiger partial charge in [-0.25, -0.2) is 5.43 Å². The second-order valence-corrected chi connectivity index (χ2v) is 6.81. The number of rotatable bonds is 8. The Morgan fingerprint density at radius 2 is 1.59 bits per heavy atom. The molecule has 7 heteroatoms. The molecule has 0 aliphatic rings. The van der Waals surface area contributed by atoms with Gasteiger partial charge in [-0.3, -0.25) is 4.79 Å². The Labute approximate surface area is 178 Å². The normalized spacial score (nSPS) is 10.7. The third kappa shape index (κ3) is 6.52. The van der Waals surface area contributed by atoms with Crippen LogP contribution in [0.3, 0.4) is 0 Å². The van der Waals surface area contributed by atoms with Gasteiger partial charge in [0.25, 0.3) is 5.91 Å². The fourth-order valence-electron chi connectivity index (χ4n) is 2.37. The van der Waals surface area contributed by atoms with Crippen molar-refractivity contribution in [2.45, 2.75) is 6.61 Å². The van der Waals surface area contributed by atoms with Crippen LogP contribution in [0.4, 0.5) is 0 Å². The zero-order chi connectivity index (χ0) is 20.5. The summed E-state index contributed by atoms with van der Waals surface area (Å²) in [6, 6.07) is 21.8. The van der Waals surface area contributed by atoms with Gasteiger partial charge in [-0.1, -0.05) is 59.6 Å². The second-order valence-electron chi connectivity index (χ2n) is 5.97. The van der Waals surface area contributed by atoms with E-state index < -0.39 is 5.91 Å². The molecule has 0 aliphatic heterocycles. The van der Waals surface area contributed by atoms with E-state index in [9.17, 15) is 4.79 Å². The highest BCUT2D eigenvalue weighted by atomic mass is 35.5. The van der Waals surface area contributed by atoms with Crippen LogP contribution < -0.4 is 14.9 Å². The molecular formula is C22H18Cl2N2O3. The minimum atomic E-state index is -0.402. The monoisotopic (exact) mass is 428 g/mol. The molecule has 0 saturated carbocycles. The summed E-state index contributed by atoms with van der Waals surface area (Å²) in [5.41, 5.74) is 4.14. The van der Waals surface area contributed by atoms with Crippen LogP contribution in [0.1, 0.15) is 11.1 Å². The molecule has 29 heavy (non-hydrogen) atoms. The number of carbonyl (C=O) groups is 1. The zero-order valence-corrected chi connectivity index (χ0v) is 16.9. The molecule has 0 aliphatic carbocycles. The summed E-state index contributed by atoms with van der Waals surface area (Å²) in [5.74, 6) is 0.683. The van der Waals surface area contributed by atoms with Gasteiger partial charge < -0.3 is 9.47 Å². The Kier molecular flexibility index (Phi) is 7.50. The number of benzene rings is 3. The highest BCUT2D eigenvalue weighted by Crippen LogP contribution is 2.23. The van der Waals surface area contributed by atoms with Crippen molar-refractivity contribution in [2.75, 3.05) is 6.61 Å². The van der Waals surface area contributed by atoms with E-state index in [1.165, 1.54) is 6.21 Å². The molecule has 3 aromatic carbocycles. The van der Waals surface area contributed by atoms with Crippen LogP contribution in [0.5, 0.6) is 11.5 Å². The van der Waals surface area contributed by atoms with Crippen LogP contribution in [-0.4, -0.2) is 18.7 Å². The molecule has 148 valence electrons. The maximum absolute atomic E-state index is 11.9. The first-order valence-corrected chi connectivity index (χ1v) is 9.53. The zero-order valence-electron chi connectivity index (χ0n) is 15.3. The lowest BCUT2D eigenvalue weighted by atomic mass is 10.2. The summed E-state index contributed by atoms with van der Waals surface area (Å²) in [6.07, 6.45) is 1.52. The number of halogens is 2. The van der Waals surface area contributed by atoms with Crippen LogP contribution in [0.2, 0.25) is 10.0 Å². The molecule has 0 heterocycles. The molecule has 1 N–H and O–H groups in total. The number of nitrogens with zero attached hydrogens (tertiary/aromatic N) is 1. The van der Waals surface area contributed by atoms with Crippen molar-refractivity contribution in [1.29, 1.82) is 0 Å². The standard InChI is InChI=1S/C22H18Cl2N2O3/c23-18-11-9-16(10-12-18)14-28-20-7-3-1-5-17(20)13-25-26-22(27)15-29-21-8-4-2-6-19(21)24/h1-13H,14-15H2,(H,26,27)/b25-13+. The fraction of sp³-hybridized carbons (Fsp3) is 0.0909. The number of hydrazone groups is 1. The predicted molar refractivity (Wildman–Crippen MR) is 115 cm³/mol. The third-order valence-electron chi connectivity index (χ3n) is 3.81. The highest BCUT2D eigenvalue weighted by Gasteiger charge is 2.05. The number of amides is 1. The molecule has 3 aromatic rings. The van der Waals surface area contributed by atoms with E-state index in [1.54, 1.807) is 24.3 Å². The van der Waals surface area contributed by atoms with Crippen molar-refractivity contribution in [3.63, 3.8) is 0 Å². The van der Waals surface area contributed by atoms with Gasteiger partial charge in [0.2, 0.25) is 0 Å². The van der Waals surface area contributed by atoms with E-state index >= 15 is 0 Å². The average Bonchev–Trinajstić information content (AvgIpc) is 2.73. The molecular weight excluding hydrogens is 411 g/mol. The molecule has 0 radical (unpaired) electrons. The summed E-state index contributed by atoms with van der Waals surface area (Å²) in [7, 11) is 0. The molecule has 1 amide bonds. The van der Waals surface area contributed by atoms with Crippen molar-refractivity contribution >= 4 is 35.3 Å². The SMILES string of the molecule is O=C(COc1ccccc1Cl)N/N=C/c1ccccc1OCc1ccc(Cl)cc1. The van der Waals surface area contributed by atoms with E-state index in [0.29, 0.717) is 28.2 Å². The first-order chi connectivity index (χ1) is 14.1. The largest absolute Gasteiger partial charge is 0.488 e. The summed E-state index contributed by atoms with van der Waals surface area (Å²) in [5, 5.41) is 5.09. The number of hydrogen-bond donors (Lipinski definition) is 1. The maximum atomic E-state index is 11.9. The van der Waals surface area contributed by atoms with E-state index in [4.69, 9.17) is 32.7 Å². The number of hydrogen-bond acceptors (Lipinski definition) is 4. The average molecular weight is 429 g/mol. The molecule has 0 fully saturated rings. The summed E-state index contributed by atoms with van der Waals surface area (Å²) in [4.78, 5) is 11.9. The van der Waals surface area contributed by atoms with Gasteiger partial charge in [0.05, 0.1) is 11.2 Å². The third-order valence-corrected chi connectivity index (χ3v) is 4.38. The Bertz CT molecular complexity index is 991. The minimum absolute atomic E-state index is 0.199. The molecule has 3 rings (SSSR count). The topological polar surface area (TPSA) is 59.9 Å². The van der Waals surface area contributed by atoms with Crippen molar-refractivity contribution in [2.24, 2.45) is 5.10 Å². The van der Waals surface area contributed by atoms with E-state index in [-0.39, 0.29) is 6.61 Å². The Morgan fingerprint density at radius 1 is 0.897 bits per heavy atom. The Morgan fingerprint density at radius 3 is 2.34 bits per heavy atom. The number of para-hydroxylation sites is 2. The van der Waals surface area contributed by atoms with Crippen molar-refractivity contribution in [3.05, 3.63) is 94.0 Å². The Balaban J connectivity index is 1.53. The molecule has 0 spiro atoms. The Hall–Kier alpha value is -3.02. The first-order valence-electron chi connectivity index (χ1n) is 8.77. The number of ether oxygens (including phenoxy) is 2. The van der Waals surface area contributed by atoms with Gasteiger partial charge in [0, 0.05) is 10.6 Å². The van der Waals surface area contributed by atoms with Gasteiger partial charge in [0.1, 0.15) is 18.1 Å². The summed E-state index contributed by atoms with van der Waals surface area (Å²) < 4.78 is 11.2. The van der Waals surface area contributed by atoms with E-state index in [0.717, 1.165) is 11.1 Å². The quantitative estimate of drug-likeness (QED) is 0.400. The fourth-order valence-corrected chi connectivity index (χ4v) is 2.69. The lowest BCUT2D eigenvalue weighted by Gasteiger charge is -2.09. The molecule has 0 atom stereocenters.